The van der Waals surface area contributed by atoms with Crippen LogP contribution in [0.5, 0.6) is 0 Å². The van der Waals surface area contributed by atoms with Crippen molar-refractivity contribution >= 4 is 0 Å². The van der Waals surface area contributed by atoms with Crippen LogP contribution in [0.2, 0.25) is 0 Å². The minimum absolute atomic E-state index is 0.390. The first kappa shape index (κ1) is 9.28. The van der Waals surface area contributed by atoms with Crippen LogP contribution in [0.15, 0.2) is 42.1 Å². The number of benzene rings is 1. The zero-order valence-electron chi connectivity index (χ0n) is 8.94. The van der Waals surface area contributed by atoms with Gasteiger partial charge in [-0.1, -0.05) is 30.3 Å². The standard InChI is InChI=1S/C12H16N2/c1-10-9-12(14(3)13(10)2)11-7-5-4-6-8-11/h4-9,12H,1-3H3. The van der Waals surface area contributed by atoms with Gasteiger partial charge in [0.15, 0.2) is 0 Å². The third-order valence-electron chi connectivity index (χ3n) is 2.93. The summed E-state index contributed by atoms with van der Waals surface area (Å²) in [5.74, 6) is 0. The van der Waals surface area contributed by atoms with E-state index in [2.05, 4.69) is 67.4 Å². The van der Waals surface area contributed by atoms with E-state index in [0.717, 1.165) is 0 Å². The molecule has 1 atom stereocenters. The van der Waals surface area contributed by atoms with Crippen LogP contribution in [0, 0.1) is 0 Å². The molecular formula is C12H16N2. The first-order valence-corrected chi connectivity index (χ1v) is 4.90. The molecule has 0 amide bonds. The van der Waals surface area contributed by atoms with Gasteiger partial charge >= 0.3 is 0 Å². The van der Waals surface area contributed by atoms with Gasteiger partial charge in [0, 0.05) is 19.8 Å². The van der Waals surface area contributed by atoms with Crippen molar-refractivity contribution in [1.82, 2.24) is 10.0 Å². The lowest BCUT2D eigenvalue weighted by molar-refractivity contribution is 0.0624. The Morgan fingerprint density at radius 2 is 1.71 bits per heavy atom. The Kier molecular flexibility index (Phi) is 2.30. The number of allylic oxidation sites excluding steroid dienone is 1. The maximum Gasteiger partial charge on any atom is 0.0740 e. The van der Waals surface area contributed by atoms with E-state index in [-0.39, 0.29) is 0 Å². The molecule has 0 radical (unpaired) electrons. The van der Waals surface area contributed by atoms with E-state index in [4.69, 9.17) is 0 Å². The number of nitrogens with zero attached hydrogens (tertiary/aromatic N) is 2. The highest BCUT2D eigenvalue weighted by molar-refractivity contribution is 5.26. The molecule has 0 saturated heterocycles. The molecule has 0 bridgehead atoms. The molecule has 74 valence electrons. The molecule has 0 fully saturated rings. The highest BCUT2D eigenvalue weighted by Gasteiger charge is 2.24. The van der Waals surface area contributed by atoms with Gasteiger partial charge in [0.05, 0.1) is 6.04 Å². The summed E-state index contributed by atoms with van der Waals surface area (Å²) in [6, 6.07) is 11.0. The molecule has 1 aromatic rings. The second kappa shape index (κ2) is 3.46. The summed E-state index contributed by atoms with van der Waals surface area (Å²) in [6.07, 6.45) is 2.29. The topological polar surface area (TPSA) is 6.48 Å². The monoisotopic (exact) mass is 188 g/mol. The summed E-state index contributed by atoms with van der Waals surface area (Å²) < 4.78 is 0. The van der Waals surface area contributed by atoms with Crippen LogP contribution < -0.4 is 0 Å². The van der Waals surface area contributed by atoms with Crippen molar-refractivity contribution < 1.29 is 0 Å². The molecule has 1 heterocycles. The van der Waals surface area contributed by atoms with Crippen LogP contribution in [0.4, 0.5) is 0 Å². The number of rotatable bonds is 1. The maximum absolute atomic E-state index is 2.29. The Morgan fingerprint density at radius 3 is 2.21 bits per heavy atom. The van der Waals surface area contributed by atoms with Crippen LogP contribution in [0.25, 0.3) is 0 Å². The largest absolute Gasteiger partial charge is 0.313 e. The number of hydrogen-bond donors (Lipinski definition) is 0. The minimum Gasteiger partial charge on any atom is -0.313 e. The minimum atomic E-state index is 0.390. The maximum atomic E-state index is 2.29. The van der Waals surface area contributed by atoms with Gasteiger partial charge in [-0.15, -0.1) is 0 Å². The van der Waals surface area contributed by atoms with Crippen LogP contribution >= 0.6 is 0 Å². The third kappa shape index (κ3) is 1.42. The fourth-order valence-electron chi connectivity index (χ4n) is 1.84. The fraction of sp³-hybridized carbons (Fsp3) is 0.333. The molecule has 2 rings (SSSR count). The molecule has 0 N–H and O–H groups in total. The molecular weight excluding hydrogens is 172 g/mol. The summed E-state index contributed by atoms with van der Waals surface area (Å²) in [7, 11) is 4.21. The predicted molar refractivity (Wildman–Crippen MR) is 58.5 cm³/mol. The summed E-state index contributed by atoms with van der Waals surface area (Å²) in [6.45, 7) is 2.14. The molecule has 0 saturated carbocycles. The molecule has 1 aliphatic rings. The molecule has 1 unspecified atom stereocenters. The Morgan fingerprint density at radius 1 is 1.07 bits per heavy atom. The first-order chi connectivity index (χ1) is 6.70. The molecule has 14 heavy (non-hydrogen) atoms. The van der Waals surface area contributed by atoms with Gasteiger partial charge in [-0.3, -0.25) is 0 Å². The Bertz CT molecular complexity index is 343. The van der Waals surface area contributed by atoms with Crippen LogP contribution in [-0.2, 0) is 0 Å². The zero-order valence-corrected chi connectivity index (χ0v) is 8.94. The van der Waals surface area contributed by atoms with E-state index < -0.39 is 0 Å². The van der Waals surface area contributed by atoms with Gasteiger partial charge in [-0.05, 0) is 18.6 Å². The van der Waals surface area contributed by atoms with Gasteiger partial charge in [0.1, 0.15) is 0 Å². The zero-order chi connectivity index (χ0) is 10.1. The van der Waals surface area contributed by atoms with E-state index >= 15 is 0 Å². The average Bonchev–Trinajstić information content (AvgIpc) is 2.47. The number of likely N-dealkylation sites (N-methyl/N-ethyl adjacent to an activating group) is 1. The van der Waals surface area contributed by atoms with Crippen LogP contribution in [0.1, 0.15) is 18.5 Å². The molecule has 0 spiro atoms. The SMILES string of the molecule is CC1=CC(c2ccccc2)N(C)N1C. The van der Waals surface area contributed by atoms with Crippen molar-refractivity contribution in [3.63, 3.8) is 0 Å². The molecule has 0 aliphatic carbocycles. The van der Waals surface area contributed by atoms with Crippen LogP contribution in [0.3, 0.4) is 0 Å². The van der Waals surface area contributed by atoms with E-state index in [9.17, 15) is 0 Å². The second-order valence-corrected chi connectivity index (χ2v) is 3.76. The lowest BCUT2D eigenvalue weighted by Crippen LogP contribution is -2.31. The second-order valence-electron chi connectivity index (χ2n) is 3.76. The Labute approximate surface area is 85.4 Å². The van der Waals surface area contributed by atoms with Crippen molar-refractivity contribution in [3.8, 4) is 0 Å². The highest BCUT2D eigenvalue weighted by atomic mass is 15.6. The summed E-state index contributed by atoms with van der Waals surface area (Å²) in [4.78, 5) is 0. The van der Waals surface area contributed by atoms with Gasteiger partial charge in [-0.2, -0.15) is 0 Å². The smallest absolute Gasteiger partial charge is 0.0740 e. The molecule has 1 aliphatic heterocycles. The summed E-state index contributed by atoms with van der Waals surface area (Å²) in [5.41, 5.74) is 2.65. The number of hydrogen-bond acceptors (Lipinski definition) is 2. The normalized spacial score (nSPS) is 22.6. The number of hydrazine groups is 1. The highest BCUT2D eigenvalue weighted by Crippen LogP contribution is 2.30. The van der Waals surface area contributed by atoms with Crippen molar-refractivity contribution in [3.05, 3.63) is 47.7 Å². The lowest BCUT2D eigenvalue weighted by atomic mass is 10.1. The van der Waals surface area contributed by atoms with Gasteiger partial charge in [-0.25, -0.2) is 5.01 Å². The van der Waals surface area contributed by atoms with Gasteiger partial charge < -0.3 is 5.01 Å². The molecule has 2 heteroatoms. The van der Waals surface area contributed by atoms with E-state index in [1.165, 1.54) is 11.3 Å². The van der Waals surface area contributed by atoms with Crippen molar-refractivity contribution in [2.45, 2.75) is 13.0 Å². The van der Waals surface area contributed by atoms with E-state index in [1.807, 2.05) is 0 Å². The van der Waals surface area contributed by atoms with E-state index in [1.54, 1.807) is 0 Å². The van der Waals surface area contributed by atoms with Gasteiger partial charge in [0.25, 0.3) is 0 Å². The van der Waals surface area contributed by atoms with Crippen molar-refractivity contribution in [2.75, 3.05) is 14.1 Å². The first-order valence-electron chi connectivity index (χ1n) is 4.90. The Balaban J connectivity index is 2.30. The van der Waals surface area contributed by atoms with E-state index in [0.29, 0.717) is 6.04 Å². The van der Waals surface area contributed by atoms with Crippen LogP contribution in [-0.4, -0.2) is 24.1 Å². The van der Waals surface area contributed by atoms with Gasteiger partial charge in [0.2, 0.25) is 0 Å². The summed E-state index contributed by atoms with van der Waals surface area (Å²) in [5, 5.41) is 4.42. The van der Waals surface area contributed by atoms with Crippen molar-refractivity contribution in [2.24, 2.45) is 0 Å². The molecule has 1 aromatic carbocycles. The van der Waals surface area contributed by atoms with Crippen molar-refractivity contribution in [1.29, 1.82) is 0 Å². The fourth-order valence-corrected chi connectivity index (χ4v) is 1.84. The predicted octanol–water partition coefficient (Wildman–Crippen LogP) is 2.42. The lowest BCUT2D eigenvalue weighted by Gasteiger charge is -2.28. The summed E-state index contributed by atoms with van der Waals surface area (Å²) >= 11 is 0. The Hall–Kier alpha value is -1.28. The third-order valence-corrected chi connectivity index (χ3v) is 2.93. The molecule has 2 nitrogen and oxygen atoms in total. The average molecular weight is 188 g/mol. The quantitative estimate of drug-likeness (QED) is 0.668. The molecule has 0 aromatic heterocycles.